The van der Waals surface area contributed by atoms with E-state index in [9.17, 15) is 14.4 Å². The topological polar surface area (TPSA) is 109 Å². The third kappa shape index (κ3) is 6.56. The molecule has 0 aromatic heterocycles. The van der Waals surface area contributed by atoms with Crippen LogP contribution < -0.4 is 20.2 Å². The van der Waals surface area contributed by atoms with Crippen LogP contribution in [0.15, 0.2) is 53.6 Å². The van der Waals surface area contributed by atoms with Crippen LogP contribution in [0.25, 0.3) is 0 Å². The number of nitrogens with zero attached hydrogens (tertiary/aromatic N) is 2. The molecule has 1 aliphatic heterocycles. The fraction of sp³-hybridized carbons (Fsp3) is 0.304. The van der Waals surface area contributed by atoms with Gasteiger partial charge in [-0.2, -0.15) is 5.10 Å². The van der Waals surface area contributed by atoms with Crippen LogP contribution in [0.2, 0.25) is 0 Å². The first kappa shape index (κ1) is 22.8. The highest BCUT2D eigenvalue weighted by Gasteiger charge is 2.22. The molecule has 9 nitrogen and oxygen atoms in total. The minimum absolute atomic E-state index is 0.167. The van der Waals surface area contributed by atoms with Gasteiger partial charge >= 0.3 is 11.8 Å². The number of hydrazone groups is 1. The molecule has 1 saturated heterocycles. The number of para-hydroxylation sites is 2. The van der Waals surface area contributed by atoms with Gasteiger partial charge in [0.2, 0.25) is 0 Å². The van der Waals surface area contributed by atoms with E-state index in [1.807, 2.05) is 6.07 Å². The summed E-state index contributed by atoms with van der Waals surface area (Å²) in [5.74, 6) is -0.557. The summed E-state index contributed by atoms with van der Waals surface area (Å²) in [5, 5.41) is 6.57. The lowest BCUT2D eigenvalue weighted by atomic mass is 10.1. The first-order valence-corrected chi connectivity index (χ1v) is 10.3. The summed E-state index contributed by atoms with van der Waals surface area (Å²) in [6, 6.07) is 13.9. The maximum Gasteiger partial charge on any atom is 0.329 e. The molecule has 0 aliphatic carbocycles. The zero-order valence-electron chi connectivity index (χ0n) is 17.9. The van der Waals surface area contributed by atoms with E-state index in [0.717, 1.165) is 19.3 Å². The second-order valence-corrected chi connectivity index (χ2v) is 7.16. The Morgan fingerprint density at radius 1 is 1.03 bits per heavy atom. The lowest BCUT2D eigenvalue weighted by Gasteiger charge is -2.25. The Morgan fingerprint density at radius 3 is 2.47 bits per heavy atom. The number of piperidine rings is 1. The smallest absolute Gasteiger partial charge is 0.329 e. The zero-order chi connectivity index (χ0) is 22.8. The average Bonchev–Trinajstić information content (AvgIpc) is 2.84. The van der Waals surface area contributed by atoms with Gasteiger partial charge in [-0.05, 0) is 61.2 Å². The molecule has 32 heavy (non-hydrogen) atoms. The van der Waals surface area contributed by atoms with Crippen LogP contribution in [0.3, 0.4) is 0 Å². The maximum atomic E-state index is 12.1. The van der Waals surface area contributed by atoms with E-state index in [1.165, 1.54) is 13.3 Å². The van der Waals surface area contributed by atoms with Crippen LogP contribution in [-0.4, -0.2) is 55.6 Å². The van der Waals surface area contributed by atoms with Crippen LogP contribution in [0.4, 0.5) is 5.69 Å². The van der Waals surface area contributed by atoms with E-state index in [2.05, 4.69) is 15.8 Å². The summed E-state index contributed by atoms with van der Waals surface area (Å²) in [6.45, 7) is 1.04. The van der Waals surface area contributed by atoms with E-state index in [-0.39, 0.29) is 12.5 Å². The van der Waals surface area contributed by atoms with Gasteiger partial charge in [0.15, 0.2) is 6.61 Å². The Bertz CT molecular complexity index is 969. The lowest BCUT2D eigenvalue weighted by molar-refractivity contribution is -0.146. The van der Waals surface area contributed by atoms with Crippen LogP contribution >= 0.6 is 0 Å². The molecule has 0 unspecified atom stereocenters. The van der Waals surface area contributed by atoms with Crippen molar-refractivity contribution in [2.75, 3.05) is 32.1 Å². The normalized spacial score (nSPS) is 13.5. The van der Waals surface area contributed by atoms with Crippen molar-refractivity contribution >= 4 is 29.6 Å². The van der Waals surface area contributed by atoms with Gasteiger partial charge in [0, 0.05) is 13.1 Å². The minimum atomic E-state index is -0.746. The zero-order valence-corrected chi connectivity index (χ0v) is 17.9. The molecular formula is C23H26N4O5. The second kappa shape index (κ2) is 11.5. The fourth-order valence-electron chi connectivity index (χ4n) is 3.19. The summed E-state index contributed by atoms with van der Waals surface area (Å²) < 4.78 is 10.7. The molecule has 0 atom stereocenters. The van der Waals surface area contributed by atoms with Gasteiger partial charge in [0.25, 0.3) is 5.91 Å². The van der Waals surface area contributed by atoms with Crippen LogP contribution in [0.5, 0.6) is 11.5 Å². The lowest BCUT2D eigenvalue weighted by Crippen LogP contribution is -2.43. The molecule has 2 N–H and O–H groups in total. The van der Waals surface area contributed by atoms with Gasteiger partial charge in [-0.25, -0.2) is 5.43 Å². The summed E-state index contributed by atoms with van der Waals surface area (Å²) in [4.78, 5) is 37.6. The number of rotatable bonds is 7. The van der Waals surface area contributed by atoms with E-state index >= 15 is 0 Å². The summed E-state index contributed by atoms with van der Waals surface area (Å²) in [6.07, 6.45) is 4.34. The number of hydrogen-bond donors (Lipinski definition) is 2. The molecule has 168 valence electrons. The molecule has 1 aliphatic rings. The van der Waals surface area contributed by atoms with E-state index in [1.54, 1.807) is 47.4 Å². The molecule has 9 heteroatoms. The number of ether oxygens (including phenoxy) is 2. The highest BCUT2D eigenvalue weighted by molar-refractivity contribution is 6.35. The van der Waals surface area contributed by atoms with Crippen molar-refractivity contribution in [1.29, 1.82) is 0 Å². The number of hydrogen-bond acceptors (Lipinski definition) is 6. The Labute approximate surface area is 186 Å². The summed E-state index contributed by atoms with van der Waals surface area (Å²) >= 11 is 0. The van der Waals surface area contributed by atoms with Crippen molar-refractivity contribution in [3.8, 4) is 11.5 Å². The minimum Gasteiger partial charge on any atom is -0.495 e. The van der Waals surface area contributed by atoms with Crippen molar-refractivity contribution in [1.82, 2.24) is 10.3 Å². The van der Waals surface area contributed by atoms with Gasteiger partial charge in [-0.3, -0.25) is 14.4 Å². The summed E-state index contributed by atoms with van der Waals surface area (Å²) in [5.41, 5.74) is 3.52. The highest BCUT2D eigenvalue weighted by Crippen LogP contribution is 2.22. The van der Waals surface area contributed by atoms with Gasteiger partial charge in [0.05, 0.1) is 19.0 Å². The number of amides is 3. The van der Waals surface area contributed by atoms with Crippen molar-refractivity contribution in [2.45, 2.75) is 19.3 Å². The molecule has 0 saturated carbocycles. The SMILES string of the molecule is COc1ccccc1NC(=O)COc1ccc(/C=N\NC(=O)C(=O)N2CCCCC2)cc1. The third-order valence-electron chi connectivity index (χ3n) is 4.85. The van der Waals surface area contributed by atoms with Crippen molar-refractivity contribution in [3.63, 3.8) is 0 Å². The Balaban J connectivity index is 1.43. The number of anilines is 1. The molecular weight excluding hydrogens is 412 g/mol. The number of carbonyl (C=O) groups is 3. The number of nitrogens with one attached hydrogen (secondary N) is 2. The molecule has 1 heterocycles. The van der Waals surface area contributed by atoms with Crippen molar-refractivity contribution < 1.29 is 23.9 Å². The Hall–Kier alpha value is -3.88. The standard InChI is InChI=1S/C23H26N4O5/c1-31-20-8-4-3-7-19(20)25-21(28)16-32-18-11-9-17(10-12-18)15-24-26-22(29)23(30)27-13-5-2-6-14-27/h3-4,7-12,15H,2,5-6,13-14,16H2,1H3,(H,25,28)(H,26,29)/b24-15-. The van der Waals surface area contributed by atoms with Crippen molar-refractivity contribution in [2.24, 2.45) is 5.10 Å². The molecule has 0 spiro atoms. The largest absolute Gasteiger partial charge is 0.495 e. The van der Waals surface area contributed by atoms with Crippen LogP contribution in [0.1, 0.15) is 24.8 Å². The predicted molar refractivity (Wildman–Crippen MR) is 120 cm³/mol. The number of methoxy groups -OCH3 is 1. The van der Waals surface area contributed by atoms with Gasteiger partial charge in [0.1, 0.15) is 11.5 Å². The fourth-order valence-corrected chi connectivity index (χ4v) is 3.19. The first-order chi connectivity index (χ1) is 15.6. The number of benzene rings is 2. The molecule has 2 aromatic rings. The highest BCUT2D eigenvalue weighted by atomic mass is 16.5. The Morgan fingerprint density at radius 2 is 1.75 bits per heavy atom. The van der Waals surface area contributed by atoms with Crippen LogP contribution in [0, 0.1) is 0 Å². The maximum absolute atomic E-state index is 12.1. The molecule has 2 aromatic carbocycles. The average molecular weight is 438 g/mol. The van der Waals surface area contributed by atoms with Gasteiger partial charge in [-0.1, -0.05) is 12.1 Å². The molecule has 3 amide bonds. The number of carbonyl (C=O) groups excluding carboxylic acids is 3. The van der Waals surface area contributed by atoms with Gasteiger partial charge in [-0.15, -0.1) is 0 Å². The molecule has 3 rings (SSSR count). The third-order valence-corrected chi connectivity index (χ3v) is 4.85. The van der Waals surface area contributed by atoms with Crippen molar-refractivity contribution in [3.05, 3.63) is 54.1 Å². The number of likely N-dealkylation sites (tertiary alicyclic amines) is 1. The second-order valence-electron chi connectivity index (χ2n) is 7.16. The van der Waals surface area contributed by atoms with E-state index < -0.39 is 11.8 Å². The quantitative estimate of drug-likeness (QED) is 0.391. The predicted octanol–water partition coefficient (Wildman–Crippen LogP) is 2.18. The van der Waals surface area contributed by atoms with Gasteiger partial charge < -0.3 is 19.7 Å². The van der Waals surface area contributed by atoms with E-state index in [0.29, 0.717) is 35.8 Å². The van der Waals surface area contributed by atoms with E-state index in [4.69, 9.17) is 9.47 Å². The Kier molecular flexibility index (Phi) is 8.19. The first-order valence-electron chi connectivity index (χ1n) is 10.3. The molecule has 0 bridgehead atoms. The monoisotopic (exact) mass is 438 g/mol. The summed E-state index contributed by atoms with van der Waals surface area (Å²) in [7, 11) is 1.53. The molecule has 1 fully saturated rings. The molecule has 0 radical (unpaired) electrons. The van der Waals surface area contributed by atoms with Crippen LogP contribution in [-0.2, 0) is 14.4 Å².